The Labute approximate surface area is 789 Å². The van der Waals surface area contributed by atoms with E-state index < -0.39 is 147 Å². The predicted molar refractivity (Wildman–Crippen MR) is 513 cm³/mol. The fraction of sp³-hybridized carbons (Fsp3) is 0.427. The Morgan fingerprint density at radius 3 is 2.03 bits per heavy atom. The van der Waals surface area contributed by atoms with E-state index >= 15 is 19.2 Å². The van der Waals surface area contributed by atoms with Crippen LogP contribution in [0.1, 0.15) is 145 Å². The van der Waals surface area contributed by atoms with Crippen LogP contribution in [-0.2, 0) is 104 Å². The number of aliphatic hydroxyl groups excluding tert-OH is 1. The number of allylic oxidation sites excluding steroid dienone is 1. The molecule has 37 heteroatoms. The Morgan fingerprint density at radius 2 is 1.32 bits per heavy atom. The molecule has 11 rings (SSSR count). The van der Waals surface area contributed by atoms with Crippen LogP contribution in [0.25, 0.3) is 28.1 Å². The predicted octanol–water partition coefficient (Wildman–Crippen LogP) is 8.92. The lowest BCUT2D eigenvalue weighted by Crippen LogP contribution is -2.62. The number of ketones is 2. The number of hydrogen-bond acceptors (Lipinski definition) is 25. The van der Waals surface area contributed by atoms with Crippen molar-refractivity contribution < 1.29 is 85.7 Å². The second-order valence-corrected chi connectivity index (χ2v) is 41.6. The molecule has 11 amide bonds. The molecule has 13 N–H and O–H groups in total. The Balaban J connectivity index is 0.853. The van der Waals surface area contributed by atoms with Gasteiger partial charge in [0.15, 0.2) is 21.4 Å². The SMILES string of the molecule is CSSC(C)(C)[C@H](NC(=O)[C@@H]1CSSC[C@H](NC(=O)[C@@H](Cc2ccccc2)NC(=O)OC(CCCCCn2nnc3c2-c2ccccc2N(C(=O)CCNC(=O)CCCCCN2C(=O)C=CC2=O)Cc2ccccc2-3)CS(=O)(=O)c2ccccc2)C(=O)C[C@@H](Cc2ccc(O)cc2)C(=O)N[C@H](CC2=CCc3ccccc32)C(=O)C[C@@H](CCCCN)C(=O)N[C@@H]([C@@H](C)O)C(=O)N1)C(N)=O. The number of Topliss-reactive ketones (excluding diaryl/α,β-unsaturated/α-hetero) is 2. The maximum atomic E-state index is 15.8. The number of alkyl carbamates (subject to hydrolysis) is 1. The van der Waals surface area contributed by atoms with Gasteiger partial charge in [0.2, 0.25) is 47.3 Å². The van der Waals surface area contributed by atoms with Gasteiger partial charge in [0.05, 0.1) is 46.8 Å². The average molecular weight is 1910 g/mol. The molecule has 0 saturated carbocycles. The van der Waals surface area contributed by atoms with Gasteiger partial charge in [0.1, 0.15) is 41.7 Å². The van der Waals surface area contributed by atoms with Gasteiger partial charge in [-0.25, -0.2) is 17.9 Å². The van der Waals surface area contributed by atoms with Crippen molar-refractivity contribution in [3.05, 3.63) is 204 Å². The van der Waals surface area contributed by atoms with E-state index in [2.05, 4.69) is 42.4 Å². The van der Waals surface area contributed by atoms with Crippen molar-refractivity contribution in [2.75, 3.05) is 48.0 Å². The summed E-state index contributed by atoms with van der Waals surface area (Å²) >= 11 is 0. The average Bonchev–Trinajstić information content (AvgIpc) is 1.66. The van der Waals surface area contributed by atoms with E-state index in [1.54, 1.807) is 90.3 Å². The summed E-state index contributed by atoms with van der Waals surface area (Å²) in [6, 6.07) is 35.4. The number of hydrogen-bond donors (Lipinski definition) is 11. The highest BCUT2D eigenvalue weighted by Crippen LogP contribution is 2.43. The lowest BCUT2D eigenvalue weighted by Gasteiger charge is -2.33. The number of ether oxygens (including phenoxy) is 1. The Morgan fingerprint density at radius 1 is 0.677 bits per heavy atom. The molecule has 4 heterocycles. The fourth-order valence-corrected chi connectivity index (χ4v) is 22.6. The first kappa shape index (κ1) is 102. The third kappa shape index (κ3) is 29.0. The number of unbranched alkanes of at least 4 members (excludes halogenated alkanes) is 5. The largest absolute Gasteiger partial charge is 0.508 e. The summed E-state index contributed by atoms with van der Waals surface area (Å²) in [5.41, 5.74) is 19.4. The zero-order valence-corrected chi connectivity index (χ0v) is 78.8. The molecule has 32 nitrogen and oxygen atoms in total. The van der Waals surface area contributed by atoms with Gasteiger partial charge >= 0.3 is 6.09 Å². The number of benzene rings is 6. The molecule has 3 aliphatic heterocycles. The number of aromatic hydroxyl groups is 1. The molecule has 0 bridgehead atoms. The number of imide groups is 1. The number of primary amides is 1. The molecular formula is C96H116N14O18S5. The van der Waals surface area contributed by atoms with Crippen LogP contribution in [0.2, 0.25) is 0 Å². The van der Waals surface area contributed by atoms with Gasteiger partial charge in [-0.05, 0) is 155 Å². The van der Waals surface area contributed by atoms with E-state index in [1.807, 2.05) is 78.9 Å². The van der Waals surface area contributed by atoms with Gasteiger partial charge < -0.3 is 68.5 Å². The first-order valence-corrected chi connectivity index (χ1v) is 51.4. The number of sulfone groups is 1. The number of carbonyl (C=O) groups is 13. The minimum absolute atomic E-state index is 0.00689. The molecule has 1 unspecified atom stereocenters. The van der Waals surface area contributed by atoms with E-state index in [9.17, 15) is 61.8 Å². The number of rotatable bonds is 39. The molecule has 6 aromatic carbocycles. The number of anilines is 1. The normalized spacial score (nSPS) is 19.0. The van der Waals surface area contributed by atoms with Crippen molar-refractivity contribution in [3.8, 4) is 28.3 Å². The highest BCUT2D eigenvalue weighted by Gasteiger charge is 2.42. The van der Waals surface area contributed by atoms with Gasteiger partial charge in [-0.2, -0.15) is 0 Å². The molecule has 10 atom stereocenters. The number of nitrogens with one attached hydrogen (secondary N) is 7. The lowest BCUT2D eigenvalue weighted by atomic mass is 9.88. The van der Waals surface area contributed by atoms with Crippen molar-refractivity contribution in [2.24, 2.45) is 23.3 Å². The van der Waals surface area contributed by atoms with Crippen molar-refractivity contribution in [2.45, 2.75) is 208 Å². The third-order valence-electron chi connectivity index (χ3n) is 23.6. The van der Waals surface area contributed by atoms with Crippen LogP contribution in [0.4, 0.5) is 10.5 Å². The number of para-hydroxylation sites is 1. The number of amides is 11. The number of nitrogens with zero attached hydrogens (tertiary/aromatic N) is 5. The van der Waals surface area contributed by atoms with Crippen LogP contribution in [0.5, 0.6) is 5.75 Å². The standard InChI is InChI=1S/C96H116N14O18S5/c1-60(111)85-94(124)102-77(93(123)105-88(89(98)119)96(2,3)132-129-4)58-131-130-57-76(80(114)55-67(51-62-38-42-68(112)43-39-62)91(121)100-74(53-64-41-40-63-27-15-17-33-71(63)64)79(113)54-65(90(120)104-85)28-21-22-47-97)101-92(122)75(52-61-25-9-5-10-26-61)103-95(125)128-69(59-133(126,127)70-31-12-6-13-32-70)30-11-7-24-50-110-87-73-35-19-20-36-78(73)109(56-66-29-16-18-34-72(66)86(87)106-107-110)84(118)46-48-99-81(115)37-14-8-23-49-108-82(116)44-45-83(108)117/h5-6,9-10,12-13,15-20,25-27,29,31-36,38-39,41-45,60,65,67,69,74-77,85,88,111-112H,7-8,11,14,21-24,28,30,37,40,46-59,97H2,1-4H3,(H2,98,119)(H,99,115)(H,100,121)(H,101,122)(H,102,124)(H,103,125)(H,104,120)(H,105,123)/t60-,65-,67-,69?,74-,75-,76+,77+,85+,88-/m1/s1. The molecule has 4 aliphatic rings. The van der Waals surface area contributed by atoms with Crippen molar-refractivity contribution in [3.63, 3.8) is 0 Å². The summed E-state index contributed by atoms with van der Waals surface area (Å²) < 4.78 is 35.8. The van der Waals surface area contributed by atoms with E-state index in [-0.39, 0.29) is 123 Å². The first-order chi connectivity index (χ1) is 63.9. The summed E-state index contributed by atoms with van der Waals surface area (Å²) in [5, 5.41) is 50.7. The molecule has 1 aliphatic carbocycles. The fourth-order valence-electron chi connectivity index (χ4n) is 16.5. The molecule has 708 valence electrons. The van der Waals surface area contributed by atoms with E-state index in [1.165, 1.54) is 64.9 Å². The summed E-state index contributed by atoms with van der Waals surface area (Å²) in [6.45, 7) is 5.64. The van der Waals surface area contributed by atoms with Gasteiger partial charge in [0.25, 0.3) is 11.8 Å². The number of aliphatic hydroxyl groups is 1. The molecule has 7 aromatic rings. The van der Waals surface area contributed by atoms with Gasteiger partial charge in [-0.1, -0.05) is 201 Å². The van der Waals surface area contributed by atoms with E-state index in [0.29, 0.717) is 97.1 Å². The topological polar surface area (TPSA) is 479 Å². The quantitative estimate of drug-likeness (QED) is 0.00972. The second-order valence-electron chi connectivity index (χ2n) is 34.0. The molecular weight excluding hydrogens is 1800 g/mol. The molecule has 1 saturated heterocycles. The van der Waals surface area contributed by atoms with Crippen molar-refractivity contribution in [1.82, 2.24) is 57.1 Å². The number of phenolic OH excluding ortho intramolecular Hbond substituents is 1. The summed E-state index contributed by atoms with van der Waals surface area (Å²) in [7, 11) is 0.252. The monoisotopic (exact) mass is 1910 g/mol. The highest BCUT2D eigenvalue weighted by molar-refractivity contribution is 8.77. The first-order valence-electron chi connectivity index (χ1n) is 44.7. The van der Waals surface area contributed by atoms with Gasteiger partial charge in [-0.3, -0.25) is 62.4 Å². The smallest absolute Gasteiger partial charge is 0.408 e. The van der Waals surface area contributed by atoms with E-state index in [4.69, 9.17) is 21.3 Å². The molecule has 0 spiro atoms. The molecule has 1 fully saturated rings. The van der Waals surface area contributed by atoms with Crippen LogP contribution in [-0.4, -0.2) is 212 Å². The van der Waals surface area contributed by atoms with E-state index in [0.717, 1.165) is 48.7 Å². The van der Waals surface area contributed by atoms with Crippen molar-refractivity contribution >= 4 is 141 Å². The molecule has 133 heavy (non-hydrogen) atoms. The number of aryl methyl sites for hydroxylation is 1. The summed E-state index contributed by atoms with van der Waals surface area (Å²) in [6.07, 6.45) is 4.77. The van der Waals surface area contributed by atoms with Crippen LogP contribution in [0.15, 0.2) is 181 Å². The number of aromatic nitrogens is 3. The van der Waals surface area contributed by atoms with Crippen LogP contribution >= 0.6 is 43.2 Å². The highest BCUT2D eigenvalue weighted by atomic mass is 33.1. The number of fused-ring (bicyclic) bond motifs is 6. The Kier molecular flexibility index (Phi) is 38.0. The lowest BCUT2D eigenvalue weighted by molar-refractivity contribution is -0.137. The zero-order valence-electron chi connectivity index (χ0n) is 74.8. The number of carbonyl (C=O) groups excluding carboxylic acids is 13. The third-order valence-corrected chi connectivity index (χ3v) is 30.5. The van der Waals surface area contributed by atoms with Gasteiger partial charge in [0, 0.05) is 110 Å². The number of phenols is 1. The summed E-state index contributed by atoms with van der Waals surface area (Å²) in [5.74, 6) is -11.9. The molecule has 0 radical (unpaired) electrons. The van der Waals surface area contributed by atoms with Crippen LogP contribution in [0, 0.1) is 11.8 Å². The minimum Gasteiger partial charge on any atom is -0.508 e. The zero-order chi connectivity index (χ0) is 95.3. The summed E-state index contributed by atoms with van der Waals surface area (Å²) in [4.78, 5) is 189. The maximum Gasteiger partial charge on any atom is 0.408 e. The second kappa shape index (κ2) is 49.5. The Hall–Kier alpha value is -11.5. The maximum absolute atomic E-state index is 15.8. The van der Waals surface area contributed by atoms with Crippen molar-refractivity contribution in [1.29, 1.82) is 0 Å². The molecule has 1 aromatic heterocycles. The van der Waals surface area contributed by atoms with Gasteiger partial charge in [-0.15, -0.1) is 5.10 Å². The Bertz CT molecular complexity index is 5470. The number of nitrogens with two attached hydrogens (primary N) is 2. The minimum atomic E-state index is -4.19. The van der Waals surface area contributed by atoms with Crippen LogP contribution < -0.4 is 53.6 Å². The van der Waals surface area contributed by atoms with Crippen LogP contribution in [0.3, 0.4) is 0 Å².